The van der Waals surface area contributed by atoms with Crippen molar-refractivity contribution >= 4 is 11.6 Å². The number of hydrogen-bond donors (Lipinski definition) is 0. The van der Waals surface area contributed by atoms with Crippen molar-refractivity contribution in [2.45, 2.75) is 33.5 Å². The Balaban J connectivity index is 2.08. The highest BCUT2D eigenvalue weighted by molar-refractivity contribution is 6.18. The standard InChI is InChI=1S/C16H22ClN3/c1-3-20-16(11-14(2)18-20)13-19(10-9-17)12-15-7-5-4-6-8-15/h4-8,11H,3,9-10,12-13H2,1-2H3. The first-order valence-corrected chi connectivity index (χ1v) is 7.62. The maximum Gasteiger partial charge on any atom is 0.0597 e. The summed E-state index contributed by atoms with van der Waals surface area (Å²) in [4.78, 5) is 2.37. The smallest absolute Gasteiger partial charge is 0.0597 e. The van der Waals surface area contributed by atoms with Crippen molar-refractivity contribution in [3.8, 4) is 0 Å². The zero-order chi connectivity index (χ0) is 14.4. The third-order valence-corrected chi connectivity index (χ3v) is 3.49. The first kappa shape index (κ1) is 15.1. The van der Waals surface area contributed by atoms with Crippen molar-refractivity contribution in [3.63, 3.8) is 0 Å². The Morgan fingerprint density at radius 1 is 1.20 bits per heavy atom. The van der Waals surface area contributed by atoms with Gasteiger partial charge in [0.15, 0.2) is 0 Å². The van der Waals surface area contributed by atoms with E-state index >= 15 is 0 Å². The van der Waals surface area contributed by atoms with Crippen LogP contribution in [0.25, 0.3) is 0 Å². The molecule has 0 N–H and O–H groups in total. The molecule has 20 heavy (non-hydrogen) atoms. The van der Waals surface area contributed by atoms with E-state index in [0.29, 0.717) is 5.88 Å². The van der Waals surface area contributed by atoms with Crippen LogP contribution in [-0.2, 0) is 19.6 Å². The lowest BCUT2D eigenvalue weighted by Crippen LogP contribution is -2.26. The Hall–Kier alpha value is -1.32. The van der Waals surface area contributed by atoms with Gasteiger partial charge in [-0.1, -0.05) is 30.3 Å². The van der Waals surface area contributed by atoms with Crippen molar-refractivity contribution in [2.75, 3.05) is 12.4 Å². The van der Waals surface area contributed by atoms with Crippen LogP contribution in [0.5, 0.6) is 0 Å². The maximum atomic E-state index is 5.94. The Labute approximate surface area is 126 Å². The lowest BCUT2D eigenvalue weighted by Gasteiger charge is -2.21. The molecule has 0 atom stereocenters. The lowest BCUT2D eigenvalue weighted by atomic mass is 10.2. The van der Waals surface area contributed by atoms with Crippen molar-refractivity contribution in [1.82, 2.24) is 14.7 Å². The van der Waals surface area contributed by atoms with E-state index in [1.807, 2.05) is 13.0 Å². The fourth-order valence-electron chi connectivity index (χ4n) is 2.40. The molecule has 0 amide bonds. The van der Waals surface area contributed by atoms with Gasteiger partial charge in [0.2, 0.25) is 0 Å². The number of nitrogens with zero attached hydrogens (tertiary/aromatic N) is 3. The molecule has 0 spiro atoms. The molecule has 0 aliphatic rings. The molecular formula is C16H22ClN3. The minimum absolute atomic E-state index is 0.645. The summed E-state index contributed by atoms with van der Waals surface area (Å²) >= 11 is 5.94. The van der Waals surface area contributed by atoms with Gasteiger partial charge >= 0.3 is 0 Å². The van der Waals surface area contributed by atoms with Crippen LogP contribution in [-0.4, -0.2) is 27.1 Å². The molecule has 2 aromatic rings. The molecule has 0 fully saturated rings. The zero-order valence-corrected chi connectivity index (χ0v) is 13.0. The Morgan fingerprint density at radius 3 is 2.60 bits per heavy atom. The van der Waals surface area contributed by atoms with Crippen LogP contribution >= 0.6 is 11.6 Å². The number of alkyl halides is 1. The molecule has 1 aromatic heterocycles. The Kier molecular flexibility index (Phi) is 5.62. The molecule has 3 nitrogen and oxygen atoms in total. The molecular weight excluding hydrogens is 270 g/mol. The highest BCUT2D eigenvalue weighted by Crippen LogP contribution is 2.11. The maximum absolute atomic E-state index is 5.94. The minimum Gasteiger partial charge on any atom is -0.292 e. The monoisotopic (exact) mass is 291 g/mol. The second-order valence-corrected chi connectivity index (χ2v) is 5.36. The quantitative estimate of drug-likeness (QED) is 0.729. The average molecular weight is 292 g/mol. The summed E-state index contributed by atoms with van der Waals surface area (Å²) in [5.74, 6) is 0.645. The Morgan fingerprint density at radius 2 is 1.95 bits per heavy atom. The van der Waals surface area contributed by atoms with E-state index in [1.165, 1.54) is 11.3 Å². The van der Waals surface area contributed by atoms with Crippen molar-refractivity contribution < 1.29 is 0 Å². The van der Waals surface area contributed by atoms with Crippen LogP contribution in [0.1, 0.15) is 23.9 Å². The molecule has 0 aliphatic carbocycles. The van der Waals surface area contributed by atoms with Crippen LogP contribution in [0.2, 0.25) is 0 Å². The van der Waals surface area contributed by atoms with E-state index in [2.05, 4.69) is 51.9 Å². The lowest BCUT2D eigenvalue weighted by molar-refractivity contribution is 0.264. The van der Waals surface area contributed by atoms with Gasteiger partial charge in [-0.2, -0.15) is 5.10 Å². The molecule has 0 saturated heterocycles. The SMILES string of the molecule is CCn1nc(C)cc1CN(CCCl)Cc1ccccc1. The summed E-state index contributed by atoms with van der Waals surface area (Å²) in [7, 11) is 0. The predicted molar refractivity (Wildman–Crippen MR) is 83.9 cm³/mol. The molecule has 0 radical (unpaired) electrons. The fraction of sp³-hybridized carbons (Fsp3) is 0.438. The third kappa shape index (κ3) is 4.09. The van der Waals surface area contributed by atoms with Gasteiger partial charge in [0.05, 0.1) is 11.4 Å². The summed E-state index contributed by atoms with van der Waals surface area (Å²) in [6.07, 6.45) is 0. The van der Waals surface area contributed by atoms with Crippen LogP contribution in [0, 0.1) is 6.92 Å². The topological polar surface area (TPSA) is 21.1 Å². The normalized spacial score (nSPS) is 11.2. The largest absolute Gasteiger partial charge is 0.292 e. The fourth-order valence-corrected chi connectivity index (χ4v) is 2.64. The molecule has 0 aliphatic heterocycles. The molecule has 1 heterocycles. The number of hydrogen-bond acceptors (Lipinski definition) is 2. The predicted octanol–water partition coefficient (Wildman–Crippen LogP) is 3.45. The van der Waals surface area contributed by atoms with Gasteiger partial charge in [0.1, 0.15) is 0 Å². The highest BCUT2D eigenvalue weighted by Gasteiger charge is 2.11. The molecule has 108 valence electrons. The second-order valence-electron chi connectivity index (χ2n) is 4.98. The molecule has 2 rings (SSSR count). The number of benzene rings is 1. The van der Waals surface area contributed by atoms with E-state index in [0.717, 1.165) is 31.9 Å². The van der Waals surface area contributed by atoms with Crippen molar-refractivity contribution in [2.24, 2.45) is 0 Å². The molecule has 0 bridgehead atoms. The summed E-state index contributed by atoms with van der Waals surface area (Å²) in [5.41, 5.74) is 3.65. The number of rotatable bonds is 7. The molecule has 4 heteroatoms. The van der Waals surface area contributed by atoms with E-state index in [1.54, 1.807) is 0 Å². The molecule has 1 aromatic carbocycles. The summed E-state index contributed by atoms with van der Waals surface area (Å²) in [6, 6.07) is 12.7. The number of aromatic nitrogens is 2. The summed E-state index contributed by atoms with van der Waals surface area (Å²) in [6.45, 7) is 7.75. The van der Waals surface area contributed by atoms with Gasteiger partial charge in [-0.25, -0.2) is 0 Å². The van der Waals surface area contributed by atoms with E-state index in [9.17, 15) is 0 Å². The van der Waals surface area contributed by atoms with Gasteiger partial charge in [-0.15, -0.1) is 11.6 Å². The number of aryl methyl sites for hydroxylation is 2. The average Bonchev–Trinajstić information content (AvgIpc) is 2.80. The first-order chi connectivity index (χ1) is 9.72. The number of halogens is 1. The van der Waals surface area contributed by atoms with Gasteiger partial charge < -0.3 is 0 Å². The van der Waals surface area contributed by atoms with Crippen LogP contribution in [0.3, 0.4) is 0 Å². The van der Waals surface area contributed by atoms with E-state index in [4.69, 9.17) is 11.6 Å². The van der Waals surface area contributed by atoms with Crippen LogP contribution < -0.4 is 0 Å². The van der Waals surface area contributed by atoms with Crippen LogP contribution in [0.15, 0.2) is 36.4 Å². The minimum atomic E-state index is 0.645. The van der Waals surface area contributed by atoms with Gasteiger partial charge in [0.25, 0.3) is 0 Å². The van der Waals surface area contributed by atoms with E-state index in [-0.39, 0.29) is 0 Å². The van der Waals surface area contributed by atoms with E-state index < -0.39 is 0 Å². The summed E-state index contributed by atoms with van der Waals surface area (Å²) in [5, 5.41) is 4.51. The van der Waals surface area contributed by atoms with Gasteiger partial charge in [-0.05, 0) is 25.5 Å². The van der Waals surface area contributed by atoms with Crippen LogP contribution in [0.4, 0.5) is 0 Å². The zero-order valence-electron chi connectivity index (χ0n) is 12.2. The second kappa shape index (κ2) is 7.46. The van der Waals surface area contributed by atoms with Crippen molar-refractivity contribution in [3.05, 3.63) is 53.3 Å². The Bertz CT molecular complexity index is 522. The van der Waals surface area contributed by atoms with Crippen molar-refractivity contribution in [1.29, 1.82) is 0 Å². The van der Waals surface area contributed by atoms with Gasteiger partial charge in [0, 0.05) is 32.1 Å². The molecule has 0 saturated carbocycles. The highest BCUT2D eigenvalue weighted by atomic mass is 35.5. The molecule has 0 unspecified atom stereocenters. The summed E-state index contributed by atoms with van der Waals surface area (Å²) < 4.78 is 2.07. The third-order valence-electron chi connectivity index (χ3n) is 3.32. The first-order valence-electron chi connectivity index (χ1n) is 7.08. The van der Waals surface area contributed by atoms with Gasteiger partial charge in [-0.3, -0.25) is 9.58 Å².